The van der Waals surface area contributed by atoms with Gasteiger partial charge in [-0.25, -0.2) is 0 Å². The van der Waals surface area contributed by atoms with Gasteiger partial charge in [0.2, 0.25) is 0 Å². The maximum absolute atomic E-state index is 5.90. The monoisotopic (exact) mass is 238 g/mol. The molecule has 0 aromatic rings. The number of hydrogen-bond donors (Lipinski definition) is 0. The first-order valence-electron chi connectivity index (χ1n) is 6.42. The molecule has 16 heavy (non-hydrogen) atoms. The van der Waals surface area contributed by atoms with Crippen molar-refractivity contribution in [2.75, 3.05) is 7.11 Å². The predicted octanol–water partition coefficient (Wildman–Crippen LogP) is 3.03. The smallest absolute Gasteiger partial charge is 0.481 e. The van der Waals surface area contributed by atoms with Crippen LogP contribution < -0.4 is 0 Å². The molecule has 2 fully saturated rings. The second kappa shape index (κ2) is 5.67. The molecular formula is C13H22O2Si. The van der Waals surface area contributed by atoms with E-state index in [0.29, 0.717) is 5.92 Å². The van der Waals surface area contributed by atoms with Crippen molar-refractivity contribution in [3.8, 4) is 0 Å². The fraction of sp³-hybridized carbons (Fsp3) is 0.769. The Morgan fingerprint density at radius 1 is 1.19 bits per heavy atom. The van der Waals surface area contributed by atoms with E-state index in [4.69, 9.17) is 8.85 Å². The highest BCUT2D eigenvalue weighted by atomic mass is 28.3. The Morgan fingerprint density at radius 3 is 2.38 bits per heavy atom. The van der Waals surface area contributed by atoms with Crippen LogP contribution in [0.3, 0.4) is 0 Å². The Hall–Kier alpha value is -0.573. The summed E-state index contributed by atoms with van der Waals surface area (Å²) in [6.45, 7) is 4.04. The lowest BCUT2D eigenvalue weighted by Gasteiger charge is -2.27. The first kappa shape index (κ1) is 11.9. The van der Waals surface area contributed by atoms with Gasteiger partial charge in [0.05, 0.1) is 12.9 Å². The quantitative estimate of drug-likeness (QED) is 0.541. The summed E-state index contributed by atoms with van der Waals surface area (Å²) in [4.78, 5) is 0. The Morgan fingerprint density at radius 2 is 1.88 bits per heavy atom. The van der Waals surface area contributed by atoms with Crippen LogP contribution in [-0.4, -0.2) is 21.7 Å². The molecule has 90 valence electrons. The molecule has 2 aliphatic carbocycles. The summed E-state index contributed by atoms with van der Waals surface area (Å²) in [5.74, 6) is 2.30. The zero-order valence-electron chi connectivity index (χ0n) is 10.2. The molecule has 0 spiro atoms. The van der Waals surface area contributed by atoms with E-state index in [-0.39, 0.29) is 0 Å². The molecule has 0 aromatic heterocycles. The lowest BCUT2D eigenvalue weighted by atomic mass is 9.84. The second-order valence-corrected chi connectivity index (χ2v) is 6.51. The number of rotatable bonds is 5. The maximum atomic E-state index is 5.90. The van der Waals surface area contributed by atoms with Gasteiger partial charge in [-0.1, -0.05) is 25.8 Å². The molecule has 0 aliphatic heterocycles. The molecule has 0 atom stereocenters. The summed E-state index contributed by atoms with van der Waals surface area (Å²) >= 11 is 0. The summed E-state index contributed by atoms with van der Waals surface area (Å²) in [7, 11) is 0.547. The average Bonchev–Trinajstić information content (AvgIpc) is 2.66. The van der Waals surface area contributed by atoms with E-state index >= 15 is 0 Å². The van der Waals surface area contributed by atoms with Gasteiger partial charge in [-0.15, -0.1) is 0 Å². The van der Waals surface area contributed by atoms with Crippen LogP contribution in [0, 0.1) is 11.8 Å². The summed E-state index contributed by atoms with van der Waals surface area (Å²) in [5.41, 5.74) is 2.32. The first-order valence-corrected chi connectivity index (χ1v) is 7.81. The van der Waals surface area contributed by atoms with Crippen LogP contribution in [0.4, 0.5) is 0 Å². The molecule has 2 rings (SSSR count). The molecule has 0 saturated heterocycles. The lowest BCUT2D eigenvalue weighted by Crippen LogP contribution is -2.23. The standard InChI is InChI=1S/C13H22O2Si/c1-11(13-8-5-9-13)15-16(14-2)10-12-6-3-4-7-12/h10,12-13H,1,3-9H2,2H3. The lowest BCUT2D eigenvalue weighted by molar-refractivity contribution is 0.230. The maximum Gasteiger partial charge on any atom is 0.481 e. The average molecular weight is 238 g/mol. The van der Waals surface area contributed by atoms with E-state index in [2.05, 4.69) is 12.3 Å². The van der Waals surface area contributed by atoms with Crippen molar-refractivity contribution in [1.29, 1.82) is 0 Å². The Bertz CT molecular complexity index is 276. The van der Waals surface area contributed by atoms with Crippen LogP contribution in [0.15, 0.2) is 12.3 Å². The SMILES string of the molecule is C=C(O[Si](=CC1CCCC1)OC)C1CCC1. The van der Waals surface area contributed by atoms with Gasteiger partial charge in [0.15, 0.2) is 0 Å². The molecule has 2 aliphatic rings. The van der Waals surface area contributed by atoms with E-state index in [1.807, 2.05) is 0 Å². The molecule has 2 saturated carbocycles. The zero-order valence-corrected chi connectivity index (χ0v) is 11.2. The highest BCUT2D eigenvalue weighted by Crippen LogP contribution is 2.32. The second-order valence-electron chi connectivity index (χ2n) is 4.93. The Balaban J connectivity index is 1.85. The minimum Gasteiger partial charge on any atom is -0.526 e. The molecule has 0 N–H and O–H groups in total. The van der Waals surface area contributed by atoms with Gasteiger partial charge in [0.1, 0.15) is 0 Å². The molecule has 3 heteroatoms. The number of hydrogen-bond acceptors (Lipinski definition) is 2. The van der Waals surface area contributed by atoms with Gasteiger partial charge in [0, 0.05) is 5.92 Å². The van der Waals surface area contributed by atoms with Crippen molar-refractivity contribution in [2.45, 2.75) is 44.9 Å². The van der Waals surface area contributed by atoms with Crippen molar-refractivity contribution in [2.24, 2.45) is 11.8 Å². The van der Waals surface area contributed by atoms with Crippen LogP contribution in [0.25, 0.3) is 0 Å². The molecule has 0 heterocycles. The highest BCUT2D eigenvalue weighted by molar-refractivity contribution is 6.54. The van der Waals surface area contributed by atoms with E-state index in [0.717, 1.165) is 11.7 Å². The van der Waals surface area contributed by atoms with Gasteiger partial charge in [-0.3, -0.25) is 0 Å². The minimum absolute atomic E-state index is 0.604. The van der Waals surface area contributed by atoms with Crippen LogP contribution in [-0.2, 0) is 8.85 Å². The Labute approximate surface area is 100 Å². The normalized spacial score (nSPS) is 22.9. The van der Waals surface area contributed by atoms with E-state index in [1.54, 1.807) is 7.11 Å². The zero-order chi connectivity index (χ0) is 11.4. The number of allylic oxidation sites excluding steroid dienone is 1. The topological polar surface area (TPSA) is 18.5 Å². The van der Waals surface area contributed by atoms with Gasteiger partial charge < -0.3 is 8.85 Å². The van der Waals surface area contributed by atoms with Gasteiger partial charge in [0.25, 0.3) is 0 Å². The van der Waals surface area contributed by atoms with Crippen molar-refractivity contribution < 1.29 is 8.85 Å². The predicted molar refractivity (Wildman–Crippen MR) is 68.4 cm³/mol. The summed E-state index contributed by atoms with van der Waals surface area (Å²) in [6.07, 6.45) is 9.19. The van der Waals surface area contributed by atoms with Crippen LogP contribution in [0.1, 0.15) is 44.9 Å². The molecule has 0 radical (unpaired) electrons. The van der Waals surface area contributed by atoms with Crippen LogP contribution in [0.2, 0.25) is 0 Å². The fourth-order valence-electron chi connectivity index (χ4n) is 2.40. The highest BCUT2D eigenvalue weighted by Gasteiger charge is 2.24. The first-order chi connectivity index (χ1) is 7.79. The fourth-order valence-corrected chi connectivity index (χ4v) is 3.83. The summed E-state index contributed by atoms with van der Waals surface area (Å²) < 4.78 is 11.4. The third-order valence-corrected chi connectivity index (χ3v) is 5.37. The summed E-state index contributed by atoms with van der Waals surface area (Å²) in [5, 5.41) is 0. The molecule has 0 aromatic carbocycles. The largest absolute Gasteiger partial charge is 0.526 e. The molecule has 0 bridgehead atoms. The van der Waals surface area contributed by atoms with Crippen molar-refractivity contribution in [3.05, 3.63) is 12.3 Å². The van der Waals surface area contributed by atoms with Gasteiger partial charge in [-0.2, -0.15) is 0 Å². The van der Waals surface area contributed by atoms with Crippen molar-refractivity contribution in [3.63, 3.8) is 0 Å². The molecule has 0 amide bonds. The van der Waals surface area contributed by atoms with Gasteiger partial charge in [-0.05, 0) is 37.3 Å². The van der Waals surface area contributed by atoms with Crippen molar-refractivity contribution in [1.82, 2.24) is 0 Å². The minimum atomic E-state index is -1.21. The third-order valence-electron chi connectivity index (χ3n) is 3.76. The van der Waals surface area contributed by atoms with Crippen LogP contribution in [0.5, 0.6) is 0 Å². The molecular weight excluding hydrogens is 216 g/mol. The van der Waals surface area contributed by atoms with Gasteiger partial charge >= 0.3 is 8.90 Å². The van der Waals surface area contributed by atoms with E-state index in [1.165, 1.54) is 44.9 Å². The summed E-state index contributed by atoms with van der Waals surface area (Å²) in [6, 6.07) is 0. The van der Waals surface area contributed by atoms with Crippen LogP contribution >= 0.6 is 0 Å². The molecule has 0 unspecified atom stereocenters. The molecule has 2 nitrogen and oxygen atoms in total. The van der Waals surface area contributed by atoms with E-state index in [9.17, 15) is 0 Å². The Kier molecular flexibility index (Phi) is 4.21. The third kappa shape index (κ3) is 2.97. The van der Waals surface area contributed by atoms with E-state index < -0.39 is 8.90 Å². The van der Waals surface area contributed by atoms with Crippen molar-refractivity contribution >= 4 is 14.6 Å².